The van der Waals surface area contributed by atoms with E-state index in [9.17, 15) is 14.0 Å². The van der Waals surface area contributed by atoms with E-state index in [0.717, 1.165) is 5.56 Å². The molecule has 0 bridgehead atoms. The normalized spacial score (nSPS) is 16.6. The predicted octanol–water partition coefficient (Wildman–Crippen LogP) is 3.65. The Hall–Kier alpha value is -2.60. The molecule has 1 aliphatic heterocycles. The van der Waals surface area contributed by atoms with E-state index in [1.54, 1.807) is 41.3 Å². The van der Waals surface area contributed by atoms with Crippen molar-refractivity contribution in [3.05, 3.63) is 64.9 Å². The minimum absolute atomic E-state index is 0.0410. The Kier molecular flexibility index (Phi) is 5.73. The summed E-state index contributed by atoms with van der Waals surface area (Å²) in [6.45, 7) is 1.43. The van der Waals surface area contributed by atoms with Gasteiger partial charge < -0.3 is 15.5 Å². The smallest absolute Gasteiger partial charge is 0.319 e. The standard InChI is InChI=1S/C19H19ClFN3O2/c20-15-3-7-17(8-4-15)23-19(26)22-10-14-9-18(25)24(12-14)11-13-1-5-16(21)6-2-13/h1-8,14H,9-12H2,(H2,22,23,26). The van der Waals surface area contributed by atoms with Crippen LogP contribution < -0.4 is 10.6 Å². The fraction of sp³-hybridized carbons (Fsp3) is 0.263. The van der Waals surface area contributed by atoms with Crippen LogP contribution in [0, 0.1) is 11.7 Å². The van der Waals surface area contributed by atoms with E-state index in [-0.39, 0.29) is 23.7 Å². The lowest BCUT2D eigenvalue weighted by Crippen LogP contribution is -2.34. The van der Waals surface area contributed by atoms with Gasteiger partial charge in [0.1, 0.15) is 5.82 Å². The molecule has 1 saturated heterocycles. The van der Waals surface area contributed by atoms with E-state index in [4.69, 9.17) is 11.6 Å². The lowest BCUT2D eigenvalue weighted by molar-refractivity contribution is -0.128. The fourth-order valence-corrected chi connectivity index (χ4v) is 3.03. The number of hydrogen-bond acceptors (Lipinski definition) is 2. The molecule has 26 heavy (non-hydrogen) atoms. The van der Waals surface area contributed by atoms with Gasteiger partial charge in [0.25, 0.3) is 0 Å². The van der Waals surface area contributed by atoms with E-state index < -0.39 is 0 Å². The van der Waals surface area contributed by atoms with Gasteiger partial charge in [-0.3, -0.25) is 4.79 Å². The topological polar surface area (TPSA) is 61.4 Å². The van der Waals surface area contributed by atoms with E-state index in [1.165, 1.54) is 12.1 Å². The lowest BCUT2D eigenvalue weighted by atomic mass is 10.1. The molecule has 1 unspecified atom stereocenters. The van der Waals surface area contributed by atoms with Crippen molar-refractivity contribution in [1.29, 1.82) is 0 Å². The third-order valence-corrected chi connectivity index (χ3v) is 4.49. The first-order valence-electron chi connectivity index (χ1n) is 8.32. The SMILES string of the molecule is O=C(NCC1CC(=O)N(Cc2ccc(F)cc2)C1)Nc1ccc(Cl)cc1. The number of amides is 3. The third kappa shape index (κ3) is 4.95. The molecule has 1 heterocycles. The van der Waals surface area contributed by atoms with E-state index >= 15 is 0 Å². The molecular weight excluding hydrogens is 357 g/mol. The van der Waals surface area contributed by atoms with Gasteiger partial charge in [0, 0.05) is 42.7 Å². The van der Waals surface area contributed by atoms with Crippen molar-refractivity contribution in [1.82, 2.24) is 10.2 Å². The summed E-state index contributed by atoms with van der Waals surface area (Å²) in [5.74, 6) is -0.201. The van der Waals surface area contributed by atoms with Crippen molar-refractivity contribution in [3.63, 3.8) is 0 Å². The van der Waals surface area contributed by atoms with Crippen molar-refractivity contribution in [2.45, 2.75) is 13.0 Å². The van der Waals surface area contributed by atoms with Crippen molar-refractivity contribution < 1.29 is 14.0 Å². The van der Waals surface area contributed by atoms with Gasteiger partial charge in [-0.1, -0.05) is 23.7 Å². The second-order valence-electron chi connectivity index (χ2n) is 6.31. The summed E-state index contributed by atoms with van der Waals surface area (Å²) in [4.78, 5) is 25.8. The zero-order chi connectivity index (χ0) is 18.5. The van der Waals surface area contributed by atoms with Gasteiger partial charge in [0.15, 0.2) is 0 Å². The van der Waals surface area contributed by atoms with Crippen molar-refractivity contribution in [2.75, 3.05) is 18.4 Å². The Balaban J connectivity index is 1.45. The van der Waals surface area contributed by atoms with Gasteiger partial charge in [-0.2, -0.15) is 0 Å². The van der Waals surface area contributed by atoms with E-state index in [0.29, 0.717) is 36.8 Å². The van der Waals surface area contributed by atoms with Crippen LogP contribution in [0.3, 0.4) is 0 Å². The third-order valence-electron chi connectivity index (χ3n) is 4.23. The Bertz CT molecular complexity index is 780. The zero-order valence-corrected chi connectivity index (χ0v) is 14.8. The second kappa shape index (κ2) is 8.19. The number of hydrogen-bond donors (Lipinski definition) is 2. The highest BCUT2D eigenvalue weighted by Crippen LogP contribution is 2.20. The molecule has 2 aromatic rings. The van der Waals surface area contributed by atoms with Gasteiger partial charge in [-0.25, -0.2) is 9.18 Å². The minimum Gasteiger partial charge on any atom is -0.338 e. The van der Waals surface area contributed by atoms with Crippen LogP contribution in [-0.2, 0) is 11.3 Å². The first kappa shape index (κ1) is 18.2. The monoisotopic (exact) mass is 375 g/mol. The molecule has 0 aromatic heterocycles. The van der Waals surface area contributed by atoms with Crippen LogP contribution in [0.2, 0.25) is 5.02 Å². The molecular formula is C19H19ClFN3O2. The molecule has 0 spiro atoms. The number of benzene rings is 2. The highest BCUT2D eigenvalue weighted by Gasteiger charge is 2.29. The van der Waals surface area contributed by atoms with Gasteiger partial charge in [0.05, 0.1) is 0 Å². The Morgan fingerprint density at radius 3 is 2.54 bits per heavy atom. The van der Waals surface area contributed by atoms with Crippen LogP contribution in [0.1, 0.15) is 12.0 Å². The summed E-state index contributed by atoms with van der Waals surface area (Å²) >= 11 is 5.81. The maximum absolute atomic E-state index is 13.0. The summed E-state index contributed by atoms with van der Waals surface area (Å²) in [6, 6.07) is 12.6. The average Bonchev–Trinajstić information content (AvgIpc) is 2.97. The fourth-order valence-electron chi connectivity index (χ4n) is 2.90. The molecule has 5 nitrogen and oxygen atoms in total. The molecule has 7 heteroatoms. The molecule has 0 saturated carbocycles. The molecule has 3 amide bonds. The number of likely N-dealkylation sites (tertiary alicyclic amines) is 1. The molecule has 1 fully saturated rings. The van der Waals surface area contributed by atoms with Crippen LogP contribution in [0.25, 0.3) is 0 Å². The molecule has 2 aromatic carbocycles. The van der Waals surface area contributed by atoms with Crippen LogP contribution in [0.5, 0.6) is 0 Å². The molecule has 1 atom stereocenters. The van der Waals surface area contributed by atoms with E-state index in [2.05, 4.69) is 10.6 Å². The number of urea groups is 1. The number of nitrogens with one attached hydrogen (secondary N) is 2. The highest BCUT2D eigenvalue weighted by molar-refractivity contribution is 6.30. The lowest BCUT2D eigenvalue weighted by Gasteiger charge is -2.17. The van der Waals surface area contributed by atoms with Crippen LogP contribution >= 0.6 is 11.6 Å². The molecule has 3 rings (SSSR count). The number of anilines is 1. The first-order valence-corrected chi connectivity index (χ1v) is 8.70. The maximum atomic E-state index is 13.0. The number of nitrogens with zero attached hydrogens (tertiary/aromatic N) is 1. The zero-order valence-electron chi connectivity index (χ0n) is 14.0. The summed E-state index contributed by atoms with van der Waals surface area (Å²) in [5, 5.41) is 6.11. The summed E-state index contributed by atoms with van der Waals surface area (Å²) in [6.07, 6.45) is 0.391. The summed E-state index contributed by atoms with van der Waals surface area (Å²) in [5.41, 5.74) is 1.53. The van der Waals surface area contributed by atoms with Gasteiger partial charge in [0.2, 0.25) is 5.91 Å². The Labute approximate surface area is 156 Å². The van der Waals surface area contributed by atoms with Crippen LogP contribution in [0.15, 0.2) is 48.5 Å². The molecule has 1 aliphatic rings. The minimum atomic E-state index is -0.322. The van der Waals surface area contributed by atoms with Gasteiger partial charge >= 0.3 is 6.03 Å². The average molecular weight is 376 g/mol. The molecule has 0 aliphatic carbocycles. The summed E-state index contributed by atoms with van der Waals surface area (Å²) < 4.78 is 13.0. The van der Waals surface area contributed by atoms with Crippen LogP contribution in [0.4, 0.5) is 14.9 Å². The number of carbonyl (C=O) groups is 2. The van der Waals surface area contributed by atoms with Crippen LogP contribution in [-0.4, -0.2) is 29.9 Å². The summed E-state index contributed by atoms with van der Waals surface area (Å²) in [7, 11) is 0. The largest absolute Gasteiger partial charge is 0.338 e. The van der Waals surface area contributed by atoms with Crippen molar-refractivity contribution >= 4 is 29.2 Å². The Morgan fingerprint density at radius 2 is 1.85 bits per heavy atom. The molecule has 2 N–H and O–H groups in total. The quantitative estimate of drug-likeness (QED) is 0.838. The maximum Gasteiger partial charge on any atom is 0.319 e. The first-order chi connectivity index (χ1) is 12.5. The van der Waals surface area contributed by atoms with Crippen molar-refractivity contribution in [3.8, 4) is 0 Å². The molecule has 0 radical (unpaired) electrons. The van der Waals surface area contributed by atoms with Gasteiger partial charge in [-0.15, -0.1) is 0 Å². The highest BCUT2D eigenvalue weighted by atomic mass is 35.5. The van der Waals surface area contributed by atoms with Crippen molar-refractivity contribution in [2.24, 2.45) is 5.92 Å². The number of carbonyl (C=O) groups excluding carboxylic acids is 2. The predicted molar refractivity (Wildman–Crippen MR) is 98.4 cm³/mol. The Morgan fingerprint density at radius 1 is 1.15 bits per heavy atom. The number of halogens is 2. The second-order valence-corrected chi connectivity index (χ2v) is 6.75. The van der Waals surface area contributed by atoms with E-state index in [1.807, 2.05) is 0 Å². The number of rotatable bonds is 5. The van der Waals surface area contributed by atoms with Gasteiger partial charge in [-0.05, 0) is 42.0 Å². The molecule has 136 valence electrons.